The summed E-state index contributed by atoms with van der Waals surface area (Å²) in [6, 6.07) is 12.8. The summed E-state index contributed by atoms with van der Waals surface area (Å²) < 4.78 is 0. The summed E-state index contributed by atoms with van der Waals surface area (Å²) in [5.74, 6) is 0.506. The van der Waals surface area contributed by atoms with Crippen molar-refractivity contribution in [2.75, 3.05) is 18.1 Å². The van der Waals surface area contributed by atoms with Gasteiger partial charge in [0.25, 0.3) is 5.91 Å². The van der Waals surface area contributed by atoms with Gasteiger partial charge in [0.15, 0.2) is 0 Å². The third kappa shape index (κ3) is 2.71. The SMILES string of the molecule is O=C(c1ccccn1)N1C[C@H]2[C@@H](c3ccccc31)[C@H](CO)N2C(=O)CC1CC1. The number of rotatable bonds is 4. The van der Waals surface area contributed by atoms with E-state index in [1.165, 1.54) is 0 Å². The Morgan fingerprint density at radius 3 is 2.61 bits per heavy atom. The third-order valence-electron chi connectivity index (χ3n) is 6.26. The van der Waals surface area contributed by atoms with Crippen LogP contribution in [-0.2, 0) is 4.79 Å². The van der Waals surface area contributed by atoms with Crippen LogP contribution in [0.15, 0.2) is 48.7 Å². The minimum atomic E-state index is -0.204. The lowest BCUT2D eigenvalue weighted by atomic mass is 9.71. The largest absolute Gasteiger partial charge is 0.394 e. The van der Waals surface area contributed by atoms with Crippen molar-refractivity contribution in [1.82, 2.24) is 9.88 Å². The van der Waals surface area contributed by atoms with Crippen LogP contribution < -0.4 is 4.90 Å². The Morgan fingerprint density at radius 2 is 1.89 bits per heavy atom. The zero-order chi connectivity index (χ0) is 19.3. The van der Waals surface area contributed by atoms with Crippen LogP contribution in [0.25, 0.3) is 0 Å². The number of aliphatic hydroxyl groups excluding tert-OH is 1. The molecule has 5 rings (SSSR count). The molecular formula is C22H23N3O3. The number of amides is 2. The van der Waals surface area contributed by atoms with Crippen LogP contribution in [0.2, 0.25) is 0 Å². The highest BCUT2D eigenvalue weighted by Crippen LogP contribution is 2.49. The molecule has 28 heavy (non-hydrogen) atoms. The molecule has 0 radical (unpaired) electrons. The monoisotopic (exact) mass is 377 g/mol. The molecule has 2 amide bonds. The lowest BCUT2D eigenvalue weighted by Gasteiger charge is -2.59. The molecule has 2 aliphatic heterocycles. The van der Waals surface area contributed by atoms with Crippen molar-refractivity contribution in [3.05, 3.63) is 59.9 Å². The van der Waals surface area contributed by atoms with Gasteiger partial charge >= 0.3 is 0 Å². The maximum absolute atomic E-state index is 13.2. The number of nitrogens with zero attached hydrogens (tertiary/aromatic N) is 3. The second-order valence-electron chi connectivity index (χ2n) is 7.98. The van der Waals surface area contributed by atoms with Crippen molar-refractivity contribution in [1.29, 1.82) is 0 Å². The number of fused-ring (bicyclic) bond motifs is 3. The second kappa shape index (κ2) is 6.71. The van der Waals surface area contributed by atoms with Crippen LogP contribution in [0, 0.1) is 5.92 Å². The molecule has 6 nitrogen and oxygen atoms in total. The quantitative estimate of drug-likeness (QED) is 0.887. The molecule has 0 unspecified atom stereocenters. The van der Waals surface area contributed by atoms with E-state index >= 15 is 0 Å². The molecule has 6 heteroatoms. The van der Waals surface area contributed by atoms with E-state index < -0.39 is 0 Å². The van der Waals surface area contributed by atoms with Crippen molar-refractivity contribution >= 4 is 17.5 Å². The van der Waals surface area contributed by atoms with Gasteiger partial charge in [0.2, 0.25) is 5.91 Å². The Balaban J connectivity index is 1.49. The highest BCUT2D eigenvalue weighted by Gasteiger charge is 2.55. The highest BCUT2D eigenvalue weighted by atomic mass is 16.3. The second-order valence-corrected chi connectivity index (χ2v) is 7.98. The van der Waals surface area contributed by atoms with Gasteiger partial charge in [-0.3, -0.25) is 14.6 Å². The molecule has 1 saturated carbocycles. The Hall–Kier alpha value is -2.73. The van der Waals surface area contributed by atoms with Gasteiger partial charge in [-0.05, 0) is 42.5 Å². The lowest BCUT2D eigenvalue weighted by Crippen LogP contribution is -2.70. The predicted octanol–water partition coefficient (Wildman–Crippen LogP) is 2.20. The van der Waals surface area contributed by atoms with E-state index in [0.717, 1.165) is 24.1 Å². The topological polar surface area (TPSA) is 73.7 Å². The van der Waals surface area contributed by atoms with E-state index in [1.54, 1.807) is 29.3 Å². The first-order valence-electron chi connectivity index (χ1n) is 9.93. The fourth-order valence-electron chi connectivity index (χ4n) is 4.73. The number of anilines is 1. The van der Waals surface area contributed by atoms with E-state index in [4.69, 9.17) is 0 Å². The maximum atomic E-state index is 13.2. The normalized spacial score (nSPS) is 25.5. The van der Waals surface area contributed by atoms with Crippen LogP contribution in [0.4, 0.5) is 5.69 Å². The lowest BCUT2D eigenvalue weighted by molar-refractivity contribution is -0.150. The fraction of sp³-hybridized carbons (Fsp3) is 0.409. The summed E-state index contributed by atoms with van der Waals surface area (Å²) in [5.41, 5.74) is 2.27. The van der Waals surface area contributed by atoms with Crippen molar-refractivity contribution in [2.45, 2.75) is 37.3 Å². The number of aliphatic hydroxyl groups is 1. The zero-order valence-corrected chi connectivity index (χ0v) is 15.6. The first-order chi connectivity index (χ1) is 13.7. The minimum absolute atomic E-state index is 0.0555. The fourth-order valence-corrected chi connectivity index (χ4v) is 4.73. The average Bonchev–Trinajstić information content (AvgIpc) is 3.52. The summed E-state index contributed by atoms with van der Waals surface area (Å²) in [4.78, 5) is 33.8. The summed E-state index contributed by atoms with van der Waals surface area (Å²) >= 11 is 0. The van der Waals surface area contributed by atoms with Gasteiger partial charge in [-0.1, -0.05) is 24.3 Å². The predicted molar refractivity (Wildman–Crippen MR) is 104 cm³/mol. The minimum Gasteiger partial charge on any atom is -0.394 e. The van der Waals surface area contributed by atoms with Gasteiger partial charge in [0.05, 0.1) is 18.7 Å². The number of benzene rings is 1. The first kappa shape index (κ1) is 17.4. The van der Waals surface area contributed by atoms with Gasteiger partial charge in [0.1, 0.15) is 5.69 Å². The number of pyridine rings is 1. The molecule has 0 spiro atoms. The third-order valence-corrected chi connectivity index (χ3v) is 6.26. The van der Waals surface area contributed by atoms with Gasteiger partial charge < -0.3 is 14.9 Å². The van der Waals surface area contributed by atoms with E-state index in [0.29, 0.717) is 24.6 Å². The maximum Gasteiger partial charge on any atom is 0.276 e. The first-order valence-corrected chi connectivity index (χ1v) is 9.93. The number of hydrogen-bond donors (Lipinski definition) is 1. The highest BCUT2D eigenvalue weighted by molar-refractivity contribution is 6.06. The van der Waals surface area contributed by atoms with E-state index in [1.807, 2.05) is 29.2 Å². The van der Waals surface area contributed by atoms with Gasteiger partial charge in [-0.15, -0.1) is 0 Å². The van der Waals surface area contributed by atoms with Gasteiger partial charge in [-0.2, -0.15) is 0 Å². The van der Waals surface area contributed by atoms with E-state index in [2.05, 4.69) is 4.98 Å². The number of likely N-dealkylation sites (tertiary alicyclic amines) is 1. The Bertz CT molecular complexity index is 912. The molecule has 3 heterocycles. The van der Waals surface area contributed by atoms with Crippen molar-refractivity contribution in [2.24, 2.45) is 5.92 Å². The number of para-hydroxylation sites is 1. The standard InChI is InChI=1S/C22H23N3O3/c26-13-19-21-15-5-1-2-7-17(15)24(22(28)16-6-3-4-10-23-16)12-18(21)25(19)20(27)11-14-8-9-14/h1-7,10,14,18-19,21,26H,8-9,11-13H2/t18-,19-,21+/m0/s1. The molecule has 144 valence electrons. The summed E-state index contributed by atoms with van der Waals surface area (Å²) in [7, 11) is 0. The zero-order valence-electron chi connectivity index (χ0n) is 15.6. The molecule has 2 aromatic rings. The number of aromatic nitrogens is 1. The number of carbonyl (C=O) groups is 2. The van der Waals surface area contributed by atoms with Crippen molar-refractivity contribution in [3.8, 4) is 0 Å². The summed E-state index contributed by atoms with van der Waals surface area (Å²) in [6.45, 7) is 0.379. The smallest absolute Gasteiger partial charge is 0.276 e. The molecule has 3 atom stereocenters. The van der Waals surface area contributed by atoms with E-state index in [9.17, 15) is 14.7 Å². The Labute approximate surface area is 163 Å². The van der Waals surface area contributed by atoms with Crippen LogP contribution in [0.3, 0.4) is 0 Å². The van der Waals surface area contributed by atoms with Crippen LogP contribution in [-0.4, -0.2) is 52.0 Å². The average molecular weight is 377 g/mol. The summed E-state index contributed by atoms with van der Waals surface area (Å²) in [6.07, 6.45) is 4.40. The Kier molecular flexibility index (Phi) is 4.16. The molecule has 1 aromatic heterocycles. The molecule has 1 saturated heterocycles. The van der Waals surface area contributed by atoms with Crippen molar-refractivity contribution < 1.29 is 14.7 Å². The Morgan fingerprint density at radius 1 is 1.11 bits per heavy atom. The van der Waals surface area contributed by atoms with Crippen LogP contribution in [0.5, 0.6) is 0 Å². The number of carbonyl (C=O) groups excluding carboxylic acids is 2. The molecule has 3 aliphatic rings. The van der Waals surface area contributed by atoms with Crippen LogP contribution in [0.1, 0.15) is 41.2 Å². The molecule has 2 fully saturated rings. The molecule has 0 bridgehead atoms. The van der Waals surface area contributed by atoms with Gasteiger partial charge in [0, 0.05) is 30.8 Å². The summed E-state index contributed by atoms with van der Waals surface area (Å²) in [5, 5.41) is 9.99. The molecule has 1 aromatic carbocycles. The molecular weight excluding hydrogens is 354 g/mol. The number of hydrogen-bond acceptors (Lipinski definition) is 4. The van der Waals surface area contributed by atoms with Crippen LogP contribution >= 0.6 is 0 Å². The molecule has 1 aliphatic carbocycles. The van der Waals surface area contributed by atoms with E-state index in [-0.39, 0.29) is 36.4 Å². The molecule has 1 N–H and O–H groups in total. The van der Waals surface area contributed by atoms with Gasteiger partial charge in [-0.25, -0.2) is 0 Å². The van der Waals surface area contributed by atoms with Crippen molar-refractivity contribution in [3.63, 3.8) is 0 Å².